The fourth-order valence-corrected chi connectivity index (χ4v) is 3.39. The molecule has 3 rings (SSSR count). The maximum absolute atomic E-state index is 5.32. The molecule has 0 aromatic carbocycles. The third kappa shape index (κ3) is 1.90. The lowest BCUT2D eigenvalue weighted by atomic mass is 10.2. The van der Waals surface area contributed by atoms with E-state index in [0.717, 1.165) is 24.7 Å². The van der Waals surface area contributed by atoms with Gasteiger partial charge in [0.15, 0.2) is 5.82 Å². The lowest BCUT2D eigenvalue weighted by Gasteiger charge is -2.02. The summed E-state index contributed by atoms with van der Waals surface area (Å²) >= 11 is 1.95. The van der Waals surface area contributed by atoms with Crippen LogP contribution < -0.4 is 5.32 Å². The van der Waals surface area contributed by atoms with Gasteiger partial charge in [-0.2, -0.15) is 16.7 Å². The first-order chi connectivity index (χ1) is 7.43. The fraction of sp³-hybridized carbons (Fsp3) is 0.800. The maximum Gasteiger partial charge on any atom is 0.243 e. The van der Waals surface area contributed by atoms with E-state index in [4.69, 9.17) is 4.52 Å². The third-order valence-corrected chi connectivity index (χ3v) is 4.41. The Bertz CT molecular complexity index is 299. The van der Waals surface area contributed by atoms with Crippen molar-refractivity contribution in [2.75, 3.05) is 12.3 Å². The van der Waals surface area contributed by atoms with E-state index in [-0.39, 0.29) is 0 Å². The molecule has 2 atom stereocenters. The number of rotatable bonds is 2. The van der Waals surface area contributed by atoms with Crippen LogP contribution in [0.25, 0.3) is 0 Å². The molecule has 0 saturated carbocycles. The number of nitrogens with zero attached hydrogens (tertiary/aromatic N) is 2. The van der Waals surface area contributed by atoms with Gasteiger partial charge in [0.05, 0.1) is 11.3 Å². The van der Waals surface area contributed by atoms with Crippen molar-refractivity contribution >= 4 is 11.8 Å². The highest BCUT2D eigenvalue weighted by atomic mass is 32.2. The lowest BCUT2D eigenvalue weighted by Crippen LogP contribution is -2.13. The molecule has 2 saturated heterocycles. The highest BCUT2D eigenvalue weighted by molar-refractivity contribution is 7.99. The SMILES string of the molecule is C1CNC(c2nc(C3CCCS3)no2)C1. The van der Waals surface area contributed by atoms with Crippen LogP contribution in [0.2, 0.25) is 0 Å². The summed E-state index contributed by atoms with van der Waals surface area (Å²) in [6.45, 7) is 1.07. The van der Waals surface area contributed by atoms with E-state index in [1.807, 2.05) is 11.8 Å². The minimum Gasteiger partial charge on any atom is -0.338 e. The molecule has 1 N–H and O–H groups in total. The van der Waals surface area contributed by atoms with Crippen molar-refractivity contribution in [3.8, 4) is 0 Å². The van der Waals surface area contributed by atoms with Crippen LogP contribution in [0.1, 0.15) is 48.7 Å². The van der Waals surface area contributed by atoms with Crippen LogP contribution in [0.4, 0.5) is 0 Å². The summed E-state index contributed by atoms with van der Waals surface area (Å²) in [6.07, 6.45) is 4.81. The topological polar surface area (TPSA) is 51.0 Å². The van der Waals surface area contributed by atoms with Crippen molar-refractivity contribution in [3.05, 3.63) is 11.7 Å². The van der Waals surface area contributed by atoms with Crippen LogP contribution in [0.3, 0.4) is 0 Å². The van der Waals surface area contributed by atoms with Crippen LogP contribution >= 0.6 is 11.8 Å². The number of hydrogen-bond donors (Lipinski definition) is 1. The zero-order valence-corrected chi connectivity index (χ0v) is 9.42. The van der Waals surface area contributed by atoms with Crippen molar-refractivity contribution in [1.82, 2.24) is 15.5 Å². The Morgan fingerprint density at radius 2 is 2.33 bits per heavy atom. The molecule has 2 unspecified atom stereocenters. The number of nitrogens with one attached hydrogen (secondary N) is 1. The van der Waals surface area contributed by atoms with Crippen LogP contribution in [0.5, 0.6) is 0 Å². The average molecular weight is 225 g/mol. The van der Waals surface area contributed by atoms with Crippen molar-refractivity contribution in [3.63, 3.8) is 0 Å². The molecular formula is C10H15N3OS. The van der Waals surface area contributed by atoms with Crippen molar-refractivity contribution in [2.24, 2.45) is 0 Å². The number of aromatic nitrogens is 2. The summed E-state index contributed by atoms with van der Waals surface area (Å²) in [5.41, 5.74) is 0. The normalized spacial score (nSPS) is 31.2. The summed E-state index contributed by atoms with van der Waals surface area (Å²) in [4.78, 5) is 4.51. The zero-order valence-electron chi connectivity index (χ0n) is 8.61. The molecule has 0 bridgehead atoms. The first kappa shape index (κ1) is 9.66. The Balaban J connectivity index is 1.74. The molecule has 82 valence electrons. The molecule has 0 spiro atoms. The van der Waals surface area contributed by atoms with Gasteiger partial charge in [0.1, 0.15) is 0 Å². The minimum atomic E-state index is 0.303. The maximum atomic E-state index is 5.32. The van der Waals surface area contributed by atoms with Gasteiger partial charge >= 0.3 is 0 Å². The molecule has 4 nitrogen and oxygen atoms in total. The van der Waals surface area contributed by atoms with E-state index in [2.05, 4.69) is 15.5 Å². The molecule has 1 aromatic heterocycles. The Hall–Kier alpha value is -0.550. The molecule has 5 heteroatoms. The van der Waals surface area contributed by atoms with Gasteiger partial charge in [0.25, 0.3) is 0 Å². The van der Waals surface area contributed by atoms with Crippen molar-refractivity contribution in [1.29, 1.82) is 0 Å². The number of thioether (sulfide) groups is 1. The van der Waals surface area contributed by atoms with Gasteiger partial charge < -0.3 is 9.84 Å². The van der Waals surface area contributed by atoms with Crippen molar-refractivity contribution < 1.29 is 4.52 Å². The standard InChI is InChI=1S/C10H15N3OS/c1-3-7(11-5-1)10-12-9(13-14-10)8-4-2-6-15-8/h7-8,11H,1-6H2. The van der Waals surface area contributed by atoms with E-state index in [1.165, 1.54) is 25.0 Å². The fourth-order valence-electron chi connectivity index (χ4n) is 2.20. The third-order valence-electron chi connectivity index (χ3n) is 3.03. The monoisotopic (exact) mass is 225 g/mol. The highest BCUT2D eigenvalue weighted by Gasteiger charge is 2.26. The minimum absolute atomic E-state index is 0.303. The Kier molecular flexibility index (Phi) is 2.66. The predicted octanol–water partition coefficient (Wildman–Crippen LogP) is 2.06. The molecule has 1 aromatic rings. The van der Waals surface area contributed by atoms with Crippen LogP contribution in [-0.4, -0.2) is 22.4 Å². The molecular weight excluding hydrogens is 210 g/mol. The Morgan fingerprint density at radius 3 is 3.07 bits per heavy atom. The van der Waals surface area contributed by atoms with Gasteiger partial charge in [-0.05, 0) is 38.0 Å². The van der Waals surface area contributed by atoms with E-state index < -0.39 is 0 Å². The molecule has 2 fully saturated rings. The van der Waals surface area contributed by atoms with Gasteiger partial charge in [0, 0.05) is 0 Å². The first-order valence-electron chi connectivity index (χ1n) is 5.62. The van der Waals surface area contributed by atoms with Crippen LogP contribution in [0, 0.1) is 0 Å². The van der Waals surface area contributed by atoms with E-state index in [1.54, 1.807) is 0 Å². The summed E-state index contributed by atoms with van der Waals surface area (Å²) in [5, 5.41) is 7.95. The predicted molar refractivity (Wildman–Crippen MR) is 58.7 cm³/mol. The zero-order chi connectivity index (χ0) is 10.1. The molecule has 2 aliphatic heterocycles. The second-order valence-electron chi connectivity index (χ2n) is 4.14. The Morgan fingerprint density at radius 1 is 1.33 bits per heavy atom. The molecule has 0 amide bonds. The van der Waals surface area contributed by atoms with Gasteiger partial charge in [0.2, 0.25) is 5.89 Å². The summed E-state index contributed by atoms with van der Waals surface area (Å²) in [6, 6.07) is 0.303. The van der Waals surface area contributed by atoms with Crippen molar-refractivity contribution in [2.45, 2.75) is 37.0 Å². The smallest absolute Gasteiger partial charge is 0.243 e. The van der Waals surface area contributed by atoms with Crippen LogP contribution in [0.15, 0.2) is 4.52 Å². The number of hydrogen-bond acceptors (Lipinski definition) is 5. The van der Waals surface area contributed by atoms with Gasteiger partial charge in [-0.1, -0.05) is 5.16 Å². The molecule has 0 aliphatic carbocycles. The average Bonchev–Trinajstić information content (AvgIpc) is 3.02. The van der Waals surface area contributed by atoms with E-state index in [9.17, 15) is 0 Å². The van der Waals surface area contributed by atoms with E-state index in [0.29, 0.717) is 11.3 Å². The molecule has 0 radical (unpaired) electrons. The largest absolute Gasteiger partial charge is 0.338 e. The molecule has 15 heavy (non-hydrogen) atoms. The summed E-state index contributed by atoms with van der Waals surface area (Å²) in [5.74, 6) is 2.92. The first-order valence-corrected chi connectivity index (χ1v) is 6.67. The lowest BCUT2D eigenvalue weighted by molar-refractivity contribution is 0.341. The second kappa shape index (κ2) is 4.14. The quantitative estimate of drug-likeness (QED) is 0.835. The Labute approximate surface area is 93.2 Å². The molecule has 2 aliphatic rings. The molecule has 3 heterocycles. The van der Waals surface area contributed by atoms with Crippen LogP contribution in [-0.2, 0) is 0 Å². The van der Waals surface area contributed by atoms with Gasteiger partial charge in [-0.3, -0.25) is 0 Å². The second-order valence-corrected chi connectivity index (χ2v) is 5.45. The summed E-state index contributed by atoms with van der Waals surface area (Å²) < 4.78 is 5.32. The van der Waals surface area contributed by atoms with E-state index >= 15 is 0 Å². The summed E-state index contributed by atoms with van der Waals surface area (Å²) in [7, 11) is 0. The van der Waals surface area contributed by atoms with Gasteiger partial charge in [-0.25, -0.2) is 0 Å². The van der Waals surface area contributed by atoms with Gasteiger partial charge in [-0.15, -0.1) is 0 Å². The highest BCUT2D eigenvalue weighted by Crippen LogP contribution is 2.38.